The maximum atomic E-state index is 12.3. The van der Waals surface area contributed by atoms with Crippen LogP contribution in [0, 0.1) is 11.3 Å². The number of anilines is 1. The number of nitrogens with two attached hydrogens (primary N) is 1. The molecule has 2 saturated carbocycles. The van der Waals surface area contributed by atoms with Crippen LogP contribution in [0.1, 0.15) is 52.9 Å². The molecule has 0 saturated heterocycles. The Kier molecular flexibility index (Phi) is 2.52. The quantitative estimate of drug-likeness (QED) is 0.897. The fourth-order valence-electron chi connectivity index (χ4n) is 3.55. The van der Waals surface area contributed by atoms with Gasteiger partial charge in [0.2, 0.25) is 5.91 Å². The number of rotatable bonds is 3. The average Bonchev–Trinajstić information content (AvgIpc) is 3.30. The van der Waals surface area contributed by atoms with Crippen molar-refractivity contribution in [1.29, 1.82) is 0 Å². The zero-order valence-electron chi connectivity index (χ0n) is 11.3. The van der Waals surface area contributed by atoms with E-state index in [1.54, 1.807) is 11.3 Å². The third-order valence-electron chi connectivity index (χ3n) is 5.05. The number of hydrogen-bond acceptors (Lipinski definition) is 3. The molecule has 0 bridgehead atoms. The lowest BCUT2D eigenvalue weighted by Crippen LogP contribution is -2.19. The number of aryl methyl sites for hydroxylation is 1. The molecule has 0 aliphatic heterocycles. The minimum atomic E-state index is -0.406. The predicted octanol–water partition coefficient (Wildman–Crippen LogP) is 2.46. The minimum Gasteiger partial charge on any atom is -0.365 e. The Labute approximate surface area is 121 Å². The molecule has 2 fully saturated rings. The average molecular weight is 290 g/mol. The lowest BCUT2D eigenvalue weighted by molar-refractivity contribution is -0.117. The van der Waals surface area contributed by atoms with Gasteiger partial charge in [-0.3, -0.25) is 9.59 Å². The zero-order valence-corrected chi connectivity index (χ0v) is 12.1. The fraction of sp³-hybridized carbons (Fsp3) is 0.600. The lowest BCUT2D eigenvalue weighted by Gasteiger charge is -2.11. The Balaban J connectivity index is 1.62. The predicted molar refractivity (Wildman–Crippen MR) is 77.9 cm³/mol. The Morgan fingerprint density at radius 3 is 2.65 bits per heavy atom. The van der Waals surface area contributed by atoms with E-state index in [2.05, 4.69) is 5.32 Å². The molecule has 0 aromatic carbocycles. The summed E-state index contributed by atoms with van der Waals surface area (Å²) in [7, 11) is 0. The molecule has 3 N–H and O–H groups in total. The van der Waals surface area contributed by atoms with Crippen molar-refractivity contribution in [2.75, 3.05) is 5.32 Å². The monoisotopic (exact) mass is 290 g/mol. The van der Waals surface area contributed by atoms with Crippen LogP contribution in [0.2, 0.25) is 0 Å². The number of fused-ring (bicyclic) bond motifs is 1. The highest BCUT2D eigenvalue weighted by Gasteiger charge is 2.65. The Bertz CT molecular complexity index is 616. The van der Waals surface area contributed by atoms with Crippen molar-refractivity contribution in [1.82, 2.24) is 0 Å². The molecular weight excluding hydrogens is 272 g/mol. The van der Waals surface area contributed by atoms with E-state index in [0.29, 0.717) is 16.0 Å². The van der Waals surface area contributed by atoms with Crippen LogP contribution in [0.25, 0.3) is 0 Å². The molecular formula is C15H18N2O2S. The number of nitrogens with one attached hydrogen (secondary N) is 1. The third-order valence-corrected chi connectivity index (χ3v) is 6.26. The summed E-state index contributed by atoms with van der Waals surface area (Å²) in [6.45, 7) is 0. The molecule has 3 aliphatic rings. The van der Waals surface area contributed by atoms with E-state index in [9.17, 15) is 9.59 Å². The van der Waals surface area contributed by atoms with Gasteiger partial charge in [-0.2, -0.15) is 0 Å². The summed E-state index contributed by atoms with van der Waals surface area (Å²) in [5, 5.41) is 3.68. The molecule has 4 nitrogen and oxygen atoms in total. The van der Waals surface area contributed by atoms with Crippen LogP contribution < -0.4 is 11.1 Å². The van der Waals surface area contributed by atoms with Crippen LogP contribution in [-0.4, -0.2) is 11.8 Å². The van der Waals surface area contributed by atoms with Crippen molar-refractivity contribution >= 4 is 28.2 Å². The SMILES string of the molecule is NC(=O)c1c(NC(=O)[C@H]2CC23CC3)sc2c1CCCC2. The van der Waals surface area contributed by atoms with E-state index in [1.165, 1.54) is 17.7 Å². The van der Waals surface area contributed by atoms with E-state index < -0.39 is 5.91 Å². The number of primary amides is 1. The van der Waals surface area contributed by atoms with E-state index in [4.69, 9.17) is 5.73 Å². The summed E-state index contributed by atoms with van der Waals surface area (Å²) < 4.78 is 0. The van der Waals surface area contributed by atoms with Gasteiger partial charge in [0, 0.05) is 10.8 Å². The van der Waals surface area contributed by atoms with Gasteiger partial charge in [-0.05, 0) is 55.9 Å². The molecule has 1 aromatic heterocycles. The first kappa shape index (κ1) is 12.4. The summed E-state index contributed by atoms with van der Waals surface area (Å²) >= 11 is 1.55. The van der Waals surface area contributed by atoms with Gasteiger partial charge in [-0.1, -0.05) is 0 Å². The van der Waals surface area contributed by atoms with Gasteiger partial charge in [-0.15, -0.1) is 11.3 Å². The molecule has 0 unspecified atom stereocenters. The molecule has 20 heavy (non-hydrogen) atoms. The van der Waals surface area contributed by atoms with Crippen LogP contribution in [0.4, 0.5) is 5.00 Å². The minimum absolute atomic E-state index is 0.0867. The maximum Gasteiger partial charge on any atom is 0.251 e. The summed E-state index contributed by atoms with van der Waals surface area (Å²) in [4.78, 5) is 25.2. The Morgan fingerprint density at radius 2 is 2.00 bits per heavy atom. The molecule has 1 heterocycles. The standard InChI is InChI=1S/C15H18N2O2S/c16-12(18)11-8-3-1-2-4-10(8)20-14(11)17-13(19)9-7-15(9)5-6-15/h9H,1-7H2,(H2,16,18)(H,17,19)/t9-/m1/s1. The topological polar surface area (TPSA) is 72.2 Å². The third kappa shape index (κ3) is 1.79. The highest BCUT2D eigenvalue weighted by molar-refractivity contribution is 7.17. The summed E-state index contributed by atoms with van der Waals surface area (Å²) in [5.41, 5.74) is 7.53. The van der Waals surface area contributed by atoms with Gasteiger partial charge in [-0.25, -0.2) is 0 Å². The molecule has 0 radical (unpaired) electrons. The molecule has 5 heteroatoms. The molecule has 2 amide bonds. The van der Waals surface area contributed by atoms with Gasteiger partial charge < -0.3 is 11.1 Å². The highest BCUT2D eigenvalue weighted by Crippen LogP contribution is 2.70. The molecule has 1 aromatic rings. The van der Waals surface area contributed by atoms with Crippen LogP contribution in [0.3, 0.4) is 0 Å². The van der Waals surface area contributed by atoms with Crippen molar-refractivity contribution < 1.29 is 9.59 Å². The lowest BCUT2D eigenvalue weighted by atomic mass is 9.95. The first-order chi connectivity index (χ1) is 9.61. The zero-order chi connectivity index (χ0) is 13.9. The number of carbonyl (C=O) groups is 2. The normalized spacial score (nSPS) is 25.1. The molecule has 4 rings (SSSR count). The van der Waals surface area contributed by atoms with Crippen LogP contribution in [0.15, 0.2) is 0 Å². The van der Waals surface area contributed by atoms with E-state index in [1.807, 2.05) is 0 Å². The first-order valence-electron chi connectivity index (χ1n) is 7.36. The Morgan fingerprint density at radius 1 is 1.25 bits per heavy atom. The maximum absolute atomic E-state index is 12.3. The van der Waals surface area contributed by atoms with Crippen LogP contribution in [0.5, 0.6) is 0 Å². The molecule has 106 valence electrons. The molecule has 3 aliphatic carbocycles. The number of hydrogen-bond donors (Lipinski definition) is 2. The smallest absolute Gasteiger partial charge is 0.251 e. The van der Waals surface area contributed by atoms with Gasteiger partial charge >= 0.3 is 0 Å². The van der Waals surface area contributed by atoms with E-state index >= 15 is 0 Å². The fourth-order valence-corrected chi connectivity index (χ4v) is 4.84. The summed E-state index contributed by atoms with van der Waals surface area (Å²) in [5.74, 6) is -0.150. The number of carbonyl (C=O) groups excluding carboxylic acids is 2. The second kappa shape index (κ2) is 4.07. The number of amides is 2. The summed E-state index contributed by atoms with van der Waals surface area (Å²) in [6, 6.07) is 0. The second-order valence-electron chi connectivity index (χ2n) is 6.39. The van der Waals surface area contributed by atoms with Gasteiger partial charge in [0.25, 0.3) is 5.91 Å². The summed E-state index contributed by atoms with van der Waals surface area (Å²) in [6.07, 6.45) is 7.57. The molecule has 1 atom stereocenters. The van der Waals surface area contributed by atoms with Gasteiger partial charge in [0.1, 0.15) is 5.00 Å². The molecule has 1 spiro atoms. The second-order valence-corrected chi connectivity index (χ2v) is 7.49. The van der Waals surface area contributed by atoms with Gasteiger partial charge in [0.15, 0.2) is 0 Å². The van der Waals surface area contributed by atoms with Crippen molar-refractivity contribution in [3.8, 4) is 0 Å². The van der Waals surface area contributed by atoms with Crippen molar-refractivity contribution in [3.05, 3.63) is 16.0 Å². The van der Waals surface area contributed by atoms with Crippen molar-refractivity contribution in [2.45, 2.75) is 44.9 Å². The van der Waals surface area contributed by atoms with Crippen LogP contribution in [-0.2, 0) is 17.6 Å². The van der Waals surface area contributed by atoms with Crippen LogP contribution >= 0.6 is 11.3 Å². The first-order valence-corrected chi connectivity index (χ1v) is 8.18. The van der Waals surface area contributed by atoms with Gasteiger partial charge in [0.05, 0.1) is 5.56 Å². The Hall–Kier alpha value is -1.36. The number of thiophene rings is 1. The van der Waals surface area contributed by atoms with Crippen molar-refractivity contribution in [2.24, 2.45) is 17.1 Å². The van der Waals surface area contributed by atoms with E-state index in [-0.39, 0.29) is 11.8 Å². The largest absolute Gasteiger partial charge is 0.365 e. The van der Waals surface area contributed by atoms with Crippen molar-refractivity contribution in [3.63, 3.8) is 0 Å². The highest BCUT2D eigenvalue weighted by atomic mass is 32.1. The van der Waals surface area contributed by atoms with E-state index in [0.717, 1.165) is 37.7 Å².